The van der Waals surface area contributed by atoms with Crippen LogP contribution in [0.5, 0.6) is 0 Å². The quantitative estimate of drug-likeness (QED) is 0.861. The molecule has 2 atom stereocenters. The van der Waals surface area contributed by atoms with Gasteiger partial charge in [-0.1, -0.05) is 11.6 Å². The highest BCUT2D eigenvalue weighted by atomic mass is 35.5. The minimum Gasteiger partial charge on any atom is -0.392 e. The van der Waals surface area contributed by atoms with Crippen LogP contribution in [0.1, 0.15) is 28.9 Å². The zero-order chi connectivity index (χ0) is 17.3. The summed E-state index contributed by atoms with van der Waals surface area (Å²) in [4.78, 5) is 17.1. The normalized spacial score (nSPS) is 26.0. The number of likely N-dealkylation sites (tertiary alicyclic amines) is 1. The van der Waals surface area contributed by atoms with Crippen LogP contribution in [0.15, 0.2) is 11.4 Å². The third kappa shape index (κ3) is 3.35. The molecule has 1 saturated heterocycles. The number of halogens is 1. The Morgan fingerprint density at radius 2 is 2.21 bits per heavy atom. The number of piperidine rings is 1. The van der Waals surface area contributed by atoms with E-state index in [1.165, 1.54) is 11.3 Å². The zero-order valence-corrected chi connectivity index (χ0v) is 15.8. The van der Waals surface area contributed by atoms with E-state index in [9.17, 15) is 9.90 Å². The van der Waals surface area contributed by atoms with Gasteiger partial charge in [-0.3, -0.25) is 4.79 Å². The van der Waals surface area contributed by atoms with Gasteiger partial charge in [-0.15, -0.1) is 11.3 Å². The number of aliphatic hydroxyl groups is 1. The van der Waals surface area contributed by atoms with Crippen molar-refractivity contribution in [1.29, 1.82) is 0 Å². The number of ether oxygens (including phenoxy) is 1. The molecular formula is C17H25ClN2O3S. The predicted molar refractivity (Wildman–Crippen MR) is 95.8 cm³/mol. The van der Waals surface area contributed by atoms with Crippen molar-refractivity contribution in [3.8, 4) is 0 Å². The first kappa shape index (κ1) is 18.1. The summed E-state index contributed by atoms with van der Waals surface area (Å²) in [5.74, 6) is 0.00346. The van der Waals surface area contributed by atoms with Gasteiger partial charge in [0.05, 0.1) is 23.8 Å². The molecule has 2 fully saturated rings. The maximum atomic E-state index is 12.6. The van der Waals surface area contributed by atoms with Crippen LogP contribution >= 0.6 is 22.9 Å². The van der Waals surface area contributed by atoms with Crippen LogP contribution in [0.25, 0.3) is 0 Å². The Labute approximate surface area is 152 Å². The second-order valence-electron chi connectivity index (χ2n) is 7.04. The highest BCUT2D eigenvalue weighted by molar-refractivity contribution is 7.12. The first-order valence-corrected chi connectivity index (χ1v) is 9.66. The van der Waals surface area contributed by atoms with Crippen LogP contribution in [0.4, 0.5) is 0 Å². The van der Waals surface area contributed by atoms with E-state index in [1.54, 1.807) is 6.07 Å². The van der Waals surface area contributed by atoms with Crippen LogP contribution in [0.3, 0.4) is 0 Å². The summed E-state index contributed by atoms with van der Waals surface area (Å²) in [5.41, 5.74) is -0.178. The number of rotatable bonds is 5. The molecule has 0 unspecified atom stereocenters. The molecule has 7 heteroatoms. The van der Waals surface area contributed by atoms with Crippen molar-refractivity contribution in [3.05, 3.63) is 21.3 Å². The molecule has 0 radical (unpaired) electrons. The first-order valence-electron chi connectivity index (χ1n) is 8.41. The molecule has 1 saturated carbocycles. The standard InChI is InChI=1S/C17H25ClN2O3S/c1-19(2)8-9-23-14-11-13(21)17(14)4-6-20(7-5-17)16(22)15-12(18)3-10-24-15/h3,10,13-14,21H,4-9,11H2,1-2H3/t13-,14+/m0/s1. The molecule has 1 N–H and O–H groups in total. The van der Waals surface area contributed by atoms with Crippen LogP contribution in [0, 0.1) is 5.41 Å². The van der Waals surface area contributed by atoms with Gasteiger partial charge in [-0.05, 0) is 38.4 Å². The zero-order valence-electron chi connectivity index (χ0n) is 14.2. The number of carbonyl (C=O) groups excluding carboxylic acids is 1. The van der Waals surface area contributed by atoms with E-state index in [1.807, 2.05) is 24.4 Å². The van der Waals surface area contributed by atoms with Gasteiger partial charge in [0.1, 0.15) is 4.88 Å². The van der Waals surface area contributed by atoms with Crippen molar-refractivity contribution in [1.82, 2.24) is 9.80 Å². The molecular weight excluding hydrogens is 348 g/mol. The van der Waals surface area contributed by atoms with Gasteiger partial charge in [0.2, 0.25) is 0 Å². The molecule has 1 spiro atoms. The van der Waals surface area contributed by atoms with Gasteiger partial charge in [0.15, 0.2) is 0 Å². The van der Waals surface area contributed by atoms with Crippen LogP contribution in [-0.4, -0.2) is 73.4 Å². The fourth-order valence-corrected chi connectivity index (χ4v) is 4.81. The Morgan fingerprint density at radius 1 is 1.50 bits per heavy atom. The number of thiophene rings is 1. The monoisotopic (exact) mass is 372 g/mol. The van der Waals surface area contributed by atoms with Crippen LogP contribution in [-0.2, 0) is 4.74 Å². The van der Waals surface area contributed by atoms with Crippen molar-refractivity contribution in [2.24, 2.45) is 5.41 Å². The number of carbonyl (C=O) groups is 1. The van der Waals surface area contributed by atoms with E-state index in [2.05, 4.69) is 4.90 Å². The summed E-state index contributed by atoms with van der Waals surface area (Å²) in [7, 11) is 4.04. The third-order valence-corrected chi connectivity index (χ3v) is 6.72. The average Bonchev–Trinajstić information content (AvgIpc) is 2.99. The topological polar surface area (TPSA) is 53.0 Å². The van der Waals surface area contributed by atoms with Crippen molar-refractivity contribution in [3.63, 3.8) is 0 Å². The molecule has 1 aromatic heterocycles. The van der Waals surface area contributed by atoms with Crippen molar-refractivity contribution in [2.75, 3.05) is 40.3 Å². The molecule has 1 amide bonds. The number of amides is 1. The van der Waals surface area contributed by atoms with Gasteiger partial charge in [-0.2, -0.15) is 0 Å². The van der Waals surface area contributed by atoms with E-state index in [0.717, 1.165) is 19.4 Å². The number of hydrogen-bond acceptors (Lipinski definition) is 5. The van der Waals surface area contributed by atoms with Gasteiger partial charge < -0.3 is 19.6 Å². The minimum absolute atomic E-state index is 0.00346. The van der Waals surface area contributed by atoms with Gasteiger partial charge in [0.25, 0.3) is 5.91 Å². The van der Waals surface area contributed by atoms with Crippen molar-refractivity contribution < 1.29 is 14.6 Å². The molecule has 5 nitrogen and oxygen atoms in total. The van der Waals surface area contributed by atoms with Crippen molar-refractivity contribution >= 4 is 28.8 Å². The maximum Gasteiger partial charge on any atom is 0.265 e. The average molecular weight is 373 g/mol. The van der Waals surface area contributed by atoms with Gasteiger partial charge in [-0.25, -0.2) is 0 Å². The van der Waals surface area contributed by atoms with E-state index < -0.39 is 0 Å². The van der Waals surface area contributed by atoms with Gasteiger partial charge >= 0.3 is 0 Å². The molecule has 1 aliphatic carbocycles. The second-order valence-corrected chi connectivity index (χ2v) is 8.36. The lowest BCUT2D eigenvalue weighted by molar-refractivity contribution is -0.209. The first-order chi connectivity index (χ1) is 11.4. The van der Waals surface area contributed by atoms with E-state index in [0.29, 0.717) is 36.0 Å². The summed E-state index contributed by atoms with van der Waals surface area (Å²) < 4.78 is 6.02. The number of aliphatic hydroxyl groups excluding tert-OH is 1. The SMILES string of the molecule is CN(C)CCO[C@@H]1C[C@H](O)C12CCN(C(=O)c1sccc1Cl)CC2. The molecule has 1 aromatic rings. The summed E-state index contributed by atoms with van der Waals surface area (Å²) in [6, 6.07) is 1.76. The maximum absolute atomic E-state index is 12.6. The molecule has 1 aliphatic heterocycles. The molecule has 2 aliphatic rings. The molecule has 134 valence electrons. The van der Waals surface area contributed by atoms with Crippen LogP contribution < -0.4 is 0 Å². The Balaban J connectivity index is 1.57. The molecule has 3 rings (SSSR count). The van der Waals surface area contributed by atoms with Crippen LogP contribution in [0.2, 0.25) is 5.02 Å². The summed E-state index contributed by atoms with van der Waals surface area (Å²) in [5, 5.41) is 12.7. The smallest absolute Gasteiger partial charge is 0.265 e. The fourth-order valence-electron chi connectivity index (χ4n) is 3.71. The largest absolute Gasteiger partial charge is 0.392 e. The van der Waals surface area contributed by atoms with E-state index in [-0.39, 0.29) is 23.5 Å². The van der Waals surface area contributed by atoms with Gasteiger partial charge in [0, 0.05) is 31.5 Å². The Kier molecular flexibility index (Phi) is 5.52. The van der Waals surface area contributed by atoms with E-state index in [4.69, 9.17) is 16.3 Å². The summed E-state index contributed by atoms with van der Waals surface area (Å²) >= 11 is 7.46. The molecule has 0 aromatic carbocycles. The number of likely N-dealkylation sites (N-methyl/N-ethyl adjacent to an activating group) is 1. The Hall–Kier alpha value is -0.660. The molecule has 24 heavy (non-hydrogen) atoms. The highest BCUT2D eigenvalue weighted by Crippen LogP contribution is 2.51. The Bertz CT molecular complexity index is 584. The minimum atomic E-state index is -0.315. The highest BCUT2D eigenvalue weighted by Gasteiger charge is 2.56. The summed E-state index contributed by atoms with van der Waals surface area (Å²) in [6.45, 7) is 2.86. The lowest BCUT2D eigenvalue weighted by atomic mass is 9.58. The molecule has 0 bridgehead atoms. The molecule has 2 heterocycles. The predicted octanol–water partition coefficient (Wildman–Crippen LogP) is 2.34. The second kappa shape index (κ2) is 7.30. The van der Waals surface area contributed by atoms with E-state index >= 15 is 0 Å². The third-order valence-electron chi connectivity index (χ3n) is 5.39. The number of hydrogen-bond donors (Lipinski definition) is 1. The number of nitrogens with zero attached hydrogens (tertiary/aromatic N) is 2. The lowest BCUT2D eigenvalue weighted by Gasteiger charge is -2.56. The van der Waals surface area contributed by atoms with Crippen molar-refractivity contribution in [2.45, 2.75) is 31.5 Å². The Morgan fingerprint density at radius 3 is 2.75 bits per heavy atom. The lowest BCUT2D eigenvalue weighted by Crippen LogP contribution is -2.62. The summed E-state index contributed by atoms with van der Waals surface area (Å²) in [6.07, 6.45) is 2.07. The fraction of sp³-hybridized carbons (Fsp3) is 0.706.